The molecule has 0 spiro atoms. The lowest BCUT2D eigenvalue weighted by molar-refractivity contribution is -0.139. The van der Waals surface area contributed by atoms with E-state index < -0.39 is 0 Å². The molecule has 1 aliphatic heterocycles. The van der Waals surface area contributed by atoms with Crippen LogP contribution in [0.25, 0.3) is 0 Å². The number of amides is 1. The Labute approximate surface area is 173 Å². The Balaban J connectivity index is 1.60. The first-order valence-electron chi connectivity index (χ1n) is 10.2. The largest absolute Gasteiger partial charge is 0.483 e. The molecule has 0 bridgehead atoms. The van der Waals surface area contributed by atoms with E-state index in [-0.39, 0.29) is 30.4 Å². The summed E-state index contributed by atoms with van der Waals surface area (Å²) in [5, 5.41) is 0. The first-order chi connectivity index (χ1) is 13.8. The molecule has 4 nitrogen and oxygen atoms in total. The minimum Gasteiger partial charge on any atom is -0.483 e. The number of hydrogen-bond donors (Lipinski definition) is 0. The third-order valence-corrected chi connectivity index (χ3v) is 5.95. The van der Waals surface area contributed by atoms with Crippen molar-refractivity contribution in [3.8, 4) is 5.75 Å². The third-order valence-electron chi connectivity index (χ3n) is 5.95. The van der Waals surface area contributed by atoms with Crippen LogP contribution in [0.15, 0.2) is 36.4 Å². The molecule has 0 saturated carbocycles. The predicted molar refractivity (Wildman–Crippen MR) is 114 cm³/mol. The highest BCUT2D eigenvalue weighted by atomic mass is 19.1. The zero-order valence-corrected chi connectivity index (χ0v) is 18.0. The van der Waals surface area contributed by atoms with Crippen LogP contribution in [-0.4, -0.2) is 47.5 Å². The Kier molecular flexibility index (Phi) is 6.58. The Bertz CT molecular complexity index is 866. The molecule has 2 unspecified atom stereocenters. The van der Waals surface area contributed by atoms with Gasteiger partial charge in [-0.25, -0.2) is 4.39 Å². The summed E-state index contributed by atoms with van der Waals surface area (Å²) in [5.41, 5.74) is 4.38. The Morgan fingerprint density at radius 3 is 2.34 bits per heavy atom. The van der Waals surface area contributed by atoms with Crippen LogP contribution in [0, 0.1) is 26.6 Å². The standard InChI is InChI=1S/C24H31FN2O2/c1-16-6-7-17(2)24(20(16)5)29-15-23(28)27-13-18(3)26(12-19(27)4)14-21-8-10-22(25)11-9-21/h6-11,18-19H,12-15H2,1-5H3. The monoisotopic (exact) mass is 398 g/mol. The van der Waals surface area contributed by atoms with E-state index in [1.165, 1.54) is 12.1 Å². The summed E-state index contributed by atoms with van der Waals surface area (Å²) in [4.78, 5) is 17.1. The van der Waals surface area contributed by atoms with Crippen LogP contribution in [0.2, 0.25) is 0 Å². The van der Waals surface area contributed by atoms with Crippen molar-refractivity contribution < 1.29 is 13.9 Å². The lowest BCUT2D eigenvalue weighted by Crippen LogP contribution is -2.58. The van der Waals surface area contributed by atoms with Crippen LogP contribution in [-0.2, 0) is 11.3 Å². The molecule has 1 saturated heterocycles. The maximum absolute atomic E-state index is 13.1. The molecule has 0 aliphatic carbocycles. The van der Waals surface area contributed by atoms with Gasteiger partial charge >= 0.3 is 0 Å². The molecule has 156 valence electrons. The fourth-order valence-electron chi connectivity index (χ4n) is 3.95. The number of carbonyl (C=O) groups excluding carboxylic acids is 1. The van der Waals surface area contributed by atoms with E-state index in [9.17, 15) is 9.18 Å². The van der Waals surface area contributed by atoms with Crippen molar-refractivity contribution in [1.82, 2.24) is 9.80 Å². The molecule has 1 heterocycles. The number of hydrogen-bond acceptors (Lipinski definition) is 3. The van der Waals surface area contributed by atoms with Crippen LogP contribution >= 0.6 is 0 Å². The van der Waals surface area contributed by atoms with E-state index in [0.29, 0.717) is 6.54 Å². The number of rotatable bonds is 5. The molecule has 1 amide bonds. The summed E-state index contributed by atoms with van der Waals surface area (Å²) in [5.74, 6) is 0.616. The lowest BCUT2D eigenvalue weighted by Gasteiger charge is -2.44. The second-order valence-electron chi connectivity index (χ2n) is 8.24. The Hall–Kier alpha value is -2.40. The van der Waals surface area contributed by atoms with E-state index >= 15 is 0 Å². The summed E-state index contributed by atoms with van der Waals surface area (Å²) in [6.45, 7) is 12.5. The molecule has 2 aromatic rings. The van der Waals surface area contributed by atoms with Gasteiger partial charge in [0.15, 0.2) is 6.61 Å². The van der Waals surface area contributed by atoms with Gasteiger partial charge in [-0.1, -0.05) is 24.3 Å². The zero-order chi connectivity index (χ0) is 21.1. The van der Waals surface area contributed by atoms with Crippen LogP contribution < -0.4 is 4.74 Å². The lowest BCUT2D eigenvalue weighted by atomic mass is 10.1. The van der Waals surface area contributed by atoms with Gasteiger partial charge in [-0.05, 0) is 69.0 Å². The van der Waals surface area contributed by atoms with E-state index in [1.807, 2.05) is 43.9 Å². The minimum absolute atomic E-state index is 0.0195. The molecule has 3 rings (SSSR count). The van der Waals surface area contributed by atoms with Gasteiger partial charge < -0.3 is 9.64 Å². The van der Waals surface area contributed by atoms with Crippen molar-refractivity contribution in [1.29, 1.82) is 0 Å². The van der Waals surface area contributed by atoms with Crippen LogP contribution in [0.1, 0.15) is 36.1 Å². The van der Waals surface area contributed by atoms with Crippen molar-refractivity contribution in [3.05, 3.63) is 64.5 Å². The van der Waals surface area contributed by atoms with Crippen LogP contribution in [0.5, 0.6) is 5.75 Å². The van der Waals surface area contributed by atoms with Crippen molar-refractivity contribution in [2.75, 3.05) is 19.7 Å². The second kappa shape index (κ2) is 8.95. The van der Waals surface area contributed by atoms with Gasteiger partial charge in [-0.15, -0.1) is 0 Å². The number of benzene rings is 2. The van der Waals surface area contributed by atoms with Crippen molar-refractivity contribution in [3.63, 3.8) is 0 Å². The van der Waals surface area contributed by atoms with Crippen LogP contribution in [0.3, 0.4) is 0 Å². The fraction of sp³-hybridized carbons (Fsp3) is 0.458. The van der Waals surface area contributed by atoms with Crippen molar-refractivity contribution >= 4 is 5.91 Å². The van der Waals surface area contributed by atoms with Crippen molar-refractivity contribution in [2.45, 2.75) is 53.2 Å². The summed E-state index contributed by atoms with van der Waals surface area (Å²) < 4.78 is 19.1. The molecule has 2 atom stereocenters. The molecule has 1 aliphatic rings. The molecule has 0 aromatic heterocycles. The molecular formula is C24H31FN2O2. The normalized spacial score (nSPS) is 20.0. The first kappa shape index (κ1) is 21.3. The van der Waals surface area contributed by atoms with Gasteiger partial charge in [0.05, 0.1) is 0 Å². The van der Waals surface area contributed by atoms with E-state index in [4.69, 9.17) is 4.74 Å². The third kappa shape index (κ3) is 4.96. The van der Waals surface area contributed by atoms with Crippen LogP contribution in [0.4, 0.5) is 4.39 Å². The fourth-order valence-corrected chi connectivity index (χ4v) is 3.95. The number of nitrogens with zero attached hydrogens (tertiary/aromatic N) is 2. The smallest absolute Gasteiger partial charge is 0.260 e. The summed E-state index contributed by atoms with van der Waals surface area (Å²) in [7, 11) is 0. The minimum atomic E-state index is -0.218. The molecule has 0 radical (unpaired) electrons. The zero-order valence-electron chi connectivity index (χ0n) is 18.0. The van der Waals surface area contributed by atoms with Gasteiger partial charge in [0, 0.05) is 31.7 Å². The van der Waals surface area contributed by atoms with E-state index in [2.05, 4.69) is 24.8 Å². The van der Waals surface area contributed by atoms with Gasteiger partial charge in [-0.3, -0.25) is 9.69 Å². The molecule has 0 N–H and O–H groups in total. The quantitative estimate of drug-likeness (QED) is 0.755. The highest BCUT2D eigenvalue weighted by molar-refractivity contribution is 5.78. The topological polar surface area (TPSA) is 32.8 Å². The van der Waals surface area contributed by atoms with Gasteiger partial charge in [0.2, 0.25) is 0 Å². The molecule has 5 heteroatoms. The molecule has 2 aromatic carbocycles. The second-order valence-corrected chi connectivity index (χ2v) is 8.24. The molecule has 29 heavy (non-hydrogen) atoms. The van der Waals surface area contributed by atoms with Gasteiger partial charge in [0.1, 0.15) is 11.6 Å². The summed E-state index contributed by atoms with van der Waals surface area (Å²) in [6.07, 6.45) is 0. The Morgan fingerprint density at radius 1 is 1.00 bits per heavy atom. The van der Waals surface area contributed by atoms with E-state index in [1.54, 1.807) is 0 Å². The van der Waals surface area contributed by atoms with Crippen molar-refractivity contribution in [2.24, 2.45) is 0 Å². The maximum Gasteiger partial charge on any atom is 0.260 e. The highest BCUT2D eigenvalue weighted by Crippen LogP contribution is 2.26. The predicted octanol–water partition coefficient (Wildman–Crippen LogP) is 4.25. The van der Waals surface area contributed by atoms with E-state index in [0.717, 1.165) is 41.1 Å². The number of aryl methyl sites for hydroxylation is 2. The number of halogens is 1. The number of ether oxygens (including phenoxy) is 1. The maximum atomic E-state index is 13.1. The summed E-state index contributed by atoms with van der Waals surface area (Å²) >= 11 is 0. The highest BCUT2D eigenvalue weighted by Gasteiger charge is 2.32. The first-order valence-corrected chi connectivity index (χ1v) is 10.2. The molecule has 1 fully saturated rings. The number of piperazine rings is 1. The average molecular weight is 399 g/mol. The average Bonchev–Trinajstić information content (AvgIpc) is 2.69. The Morgan fingerprint density at radius 2 is 1.66 bits per heavy atom. The molecular weight excluding hydrogens is 367 g/mol. The number of carbonyl (C=O) groups is 1. The SMILES string of the molecule is Cc1ccc(C)c(OCC(=O)N2CC(C)N(Cc3ccc(F)cc3)CC2C)c1C. The van der Waals surface area contributed by atoms with Gasteiger partial charge in [-0.2, -0.15) is 0 Å². The van der Waals surface area contributed by atoms with Gasteiger partial charge in [0.25, 0.3) is 5.91 Å². The summed E-state index contributed by atoms with van der Waals surface area (Å²) in [6, 6.07) is 11.1.